The fourth-order valence-corrected chi connectivity index (χ4v) is 2.11. The maximum Gasteiger partial charge on any atom is 0.269 e. The Bertz CT molecular complexity index is 426. The molecule has 0 heterocycles. The largest absolute Gasteiger partial charge is 0.389 e. The molecule has 1 fully saturated rings. The van der Waals surface area contributed by atoms with Crippen molar-refractivity contribution >= 4 is 5.69 Å². The summed E-state index contributed by atoms with van der Waals surface area (Å²) in [5.74, 6) is 0. The molecule has 98 valence electrons. The minimum Gasteiger partial charge on any atom is -0.389 e. The Morgan fingerprint density at radius 1 is 1.44 bits per heavy atom. The Kier molecular flexibility index (Phi) is 3.63. The van der Waals surface area contributed by atoms with Gasteiger partial charge in [0.05, 0.1) is 10.5 Å². The molecule has 0 aromatic heterocycles. The van der Waals surface area contributed by atoms with Crippen LogP contribution in [0.1, 0.15) is 37.8 Å². The summed E-state index contributed by atoms with van der Waals surface area (Å²) in [4.78, 5) is 10.1. The smallest absolute Gasteiger partial charge is 0.269 e. The minimum atomic E-state index is -0.547. The number of benzene rings is 1. The maximum absolute atomic E-state index is 10.5. The second-order valence-corrected chi connectivity index (χ2v) is 5.03. The maximum atomic E-state index is 10.5. The van der Waals surface area contributed by atoms with Crippen molar-refractivity contribution in [1.82, 2.24) is 5.32 Å². The molecule has 1 atom stereocenters. The van der Waals surface area contributed by atoms with Gasteiger partial charge >= 0.3 is 0 Å². The highest BCUT2D eigenvalue weighted by molar-refractivity contribution is 5.34. The fourth-order valence-electron chi connectivity index (χ4n) is 2.11. The summed E-state index contributed by atoms with van der Waals surface area (Å²) in [5, 5.41) is 23.8. The highest BCUT2D eigenvalue weighted by Crippen LogP contribution is 2.31. The topological polar surface area (TPSA) is 75.4 Å². The lowest BCUT2D eigenvalue weighted by Crippen LogP contribution is -2.46. The van der Waals surface area contributed by atoms with Gasteiger partial charge in [-0.05, 0) is 31.7 Å². The van der Waals surface area contributed by atoms with E-state index in [2.05, 4.69) is 5.32 Å². The van der Waals surface area contributed by atoms with Gasteiger partial charge in [0.2, 0.25) is 0 Å². The standard InChI is InChI=1S/C13H18N2O3/c1-10(14-9-13(16)7-2-8-13)11-3-5-12(6-4-11)15(17)18/h3-6,10,14,16H,2,7-9H2,1H3. The van der Waals surface area contributed by atoms with Gasteiger partial charge in [-0.1, -0.05) is 12.1 Å². The van der Waals surface area contributed by atoms with Crippen LogP contribution in [0.25, 0.3) is 0 Å². The lowest BCUT2D eigenvalue weighted by Gasteiger charge is -2.37. The molecule has 0 radical (unpaired) electrons. The van der Waals surface area contributed by atoms with Gasteiger partial charge in [0.15, 0.2) is 0 Å². The molecular weight excluding hydrogens is 232 g/mol. The number of non-ortho nitro benzene ring substituents is 1. The highest BCUT2D eigenvalue weighted by atomic mass is 16.6. The van der Waals surface area contributed by atoms with E-state index in [-0.39, 0.29) is 11.7 Å². The Balaban J connectivity index is 1.91. The first-order valence-corrected chi connectivity index (χ1v) is 6.20. The third-order valence-corrected chi connectivity index (χ3v) is 3.63. The number of nitro groups is 1. The molecule has 1 unspecified atom stereocenters. The van der Waals surface area contributed by atoms with Gasteiger partial charge in [-0.2, -0.15) is 0 Å². The number of aliphatic hydroxyl groups is 1. The summed E-state index contributed by atoms with van der Waals surface area (Å²) in [6.45, 7) is 2.56. The molecule has 5 heteroatoms. The number of rotatable bonds is 5. The van der Waals surface area contributed by atoms with Crippen LogP contribution in [-0.4, -0.2) is 22.2 Å². The van der Waals surface area contributed by atoms with Crippen LogP contribution < -0.4 is 5.32 Å². The SMILES string of the molecule is CC(NCC1(O)CCC1)c1ccc([N+](=O)[O-])cc1. The van der Waals surface area contributed by atoms with Gasteiger partial charge < -0.3 is 10.4 Å². The van der Waals surface area contributed by atoms with Gasteiger partial charge in [0.1, 0.15) is 0 Å². The summed E-state index contributed by atoms with van der Waals surface area (Å²) in [6.07, 6.45) is 2.80. The number of nitro benzene ring substituents is 1. The molecule has 0 bridgehead atoms. The van der Waals surface area contributed by atoms with Crippen LogP contribution >= 0.6 is 0 Å². The second-order valence-electron chi connectivity index (χ2n) is 5.03. The van der Waals surface area contributed by atoms with Crippen molar-refractivity contribution in [3.05, 3.63) is 39.9 Å². The Morgan fingerprint density at radius 2 is 2.06 bits per heavy atom. The van der Waals surface area contributed by atoms with Gasteiger partial charge in [-0.15, -0.1) is 0 Å². The zero-order valence-corrected chi connectivity index (χ0v) is 10.4. The summed E-state index contributed by atoms with van der Waals surface area (Å²) < 4.78 is 0. The first-order valence-electron chi connectivity index (χ1n) is 6.20. The van der Waals surface area contributed by atoms with Crippen molar-refractivity contribution in [3.8, 4) is 0 Å². The number of hydrogen-bond donors (Lipinski definition) is 2. The minimum absolute atomic E-state index is 0.0791. The third-order valence-electron chi connectivity index (χ3n) is 3.63. The molecule has 2 rings (SSSR count). The summed E-state index contributed by atoms with van der Waals surface area (Å²) in [5.41, 5.74) is 0.543. The van der Waals surface area contributed by atoms with Crippen molar-refractivity contribution in [2.45, 2.75) is 37.8 Å². The predicted molar refractivity (Wildman–Crippen MR) is 68.3 cm³/mol. The van der Waals surface area contributed by atoms with Gasteiger partial charge in [-0.25, -0.2) is 0 Å². The first kappa shape index (κ1) is 13.0. The molecule has 18 heavy (non-hydrogen) atoms. The van der Waals surface area contributed by atoms with Crippen LogP contribution in [0.5, 0.6) is 0 Å². The lowest BCUT2D eigenvalue weighted by molar-refractivity contribution is -0.384. The normalized spacial score (nSPS) is 19.0. The third kappa shape index (κ3) is 2.86. The van der Waals surface area contributed by atoms with E-state index in [0.717, 1.165) is 24.8 Å². The van der Waals surface area contributed by atoms with E-state index >= 15 is 0 Å². The average Bonchev–Trinajstić information content (AvgIpc) is 2.33. The monoisotopic (exact) mass is 250 g/mol. The summed E-state index contributed by atoms with van der Waals surface area (Å²) >= 11 is 0. The Hall–Kier alpha value is -1.46. The highest BCUT2D eigenvalue weighted by Gasteiger charge is 2.34. The van der Waals surface area contributed by atoms with Crippen molar-refractivity contribution in [2.24, 2.45) is 0 Å². The van der Waals surface area contributed by atoms with E-state index in [1.165, 1.54) is 12.1 Å². The Labute approximate surface area is 106 Å². The van der Waals surface area contributed by atoms with Crippen LogP contribution in [0.3, 0.4) is 0 Å². The molecule has 0 saturated heterocycles. The second kappa shape index (κ2) is 5.04. The summed E-state index contributed by atoms with van der Waals surface area (Å²) in [7, 11) is 0. The number of nitrogens with zero attached hydrogens (tertiary/aromatic N) is 1. The fraction of sp³-hybridized carbons (Fsp3) is 0.538. The molecular formula is C13H18N2O3. The molecule has 1 saturated carbocycles. The van der Waals surface area contributed by atoms with Crippen LogP contribution in [0.2, 0.25) is 0 Å². The predicted octanol–water partition coefficient (Wildman–Crippen LogP) is 2.16. The van der Waals surface area contributed by atoms with E-state index in [9.17, 15) is 15.2 Å². The quantitative estimate of drug-likeness (QED) is 0.620. The Morgan fingerprint density at radius 3 is 2.50 bits per heavy atom. The van der Waals surface area contributed by atoms with E-state index in [4.69, 9.17) is 0 Å². The molecule has 0 spiro atoms. The zero-order valence-electron chi connectivity index (χ0n) is 10.4. The molecule has 0 amide bonds. The van der Waals surface area contributed by atoms with Crippen molar-refractivity contribution in [3.63, 3.8) is 0 Å². The molecule has 1 aliphatic carbocycles. The lowest BCUT2D eigenvalue weighted by atomic mass is 9.80. The van der Waals surface area contributed by atoms with Crippen LogP contribution in [0.4, 0.5) is 5.69 Å². The van der Waals surface area contributed by atoms with Gasteiger partial charge in [0.25, 0.3) is 5.69 Å². The van der Waals surface area contributed by atoms with Crippen molar-refractivity contribution in [2.75, 3.05) is 6.54 Å². The average molecular weight is 250 g/mol. The van der Waals surface area contributed by atoms with Crippen molar-refractivity contribution < 1.29 is 10.0 Å². The summed E-state index contributed by atoms with van der Waals surface area (Å²) in [6, 6.07) is 6.59. The molecule has 5 nitrogen and oxygen atoms in total. The number of hydrogen-bond acceptors (Lipinski definition) is 4. The molecule has 2 N–H and O–H groups in total. The number of nitrogens with one attached hydrogen (secondary N) is 1. The molecule has 1 aromatic rings. The van der Waals surface area contributed by atoms with Gasteiger partial charge in [-0.3, -0.25) is 10.1 Å². The van der Waals surface area contributed by atoms with E-state index < -0.39 is 10.5 Å². The molecule has 0 aliphatic heterocycles. The van der Waals surface area contributed by atoms with E-state index in [1.807, 2.05) is 6.92 Å². The van der Waals surface area contributed by atoms with E-state index in [0.29, 0.717) is 6.54 Å². The molecule has 1 aromatic carbocycles. The zero-order chi connectivity index (χ0) is 13.2. The van der Waals surface area contributed by atoms with Crippen LogP contribution in [0, 0.1) is 10.1 Å². The molecule has 1 aliphatic rings. The van der Waals surface area contributed by atoms with Crippen LogP contribution in [0.15, 0.2) is 24.3 Å². The van der Waals surface area contributed by atoms with Crippen molar-refractivity contribution in [1.29, 1.82) is 0 Å². The van der Waals surface area contributed by atoms with E-state index in [1.54, 1.807) is 12.1 Å². The first-order chi connectivity index (χ1) is 8.50. The van der Waals surface area contributed by atoms with Gasteiger partial charge in [0, 0.05) is 24.7 Å². The van der Waals surface area contributed by atoms with Crippen LogP contribution in [-0.2, 0) is 0 Å².